The summed E-state index contributed by atoms with van der Waals surface area (Å²) in [4.78, 5) is 47.6. The minimum Gasteiger partial charge on any atom is -0.481 e. The summed E-state index contributed by atoms with van der Waals surface area (Å²) in [6, 6.07) is 20.3. The average molecular weight is 714 g/mol. The molecule has 11 nitrogen and oxygen atoms in total. The largest absolute Gasteiger partial charge is 0.481 e. The summed E-state index contributed by atoms with van der Waals surface area (Å²) in [7, 11) is 1.58. The number of halogens is 2. The summed E-state index contributed by atoms with van der Waals surface area (Å²) in [5, 5.41) is 17.1. The van der Waals surface area contributed by atoms with Gasteiger partial charge in [0.1, 0.15) is 5.65 Å². The molecule has 3 aromatic heterocycles. The lowest BCUT2D eigenvalue weighted by Crippen LogP contribution is -2.35. The minimum atomic E-state index is -0.717. The van der Waals surface area contributed by atoms with Crippen LogP contribution < -0.4 is 20.9 Å². The van der Waals surface area contributed by atoms with E-state index in [4.69, 9.17) is 32.9 Å². The van der Waals surface area contributed by atoms with Gasteiger partial charge in [0.05, 0.1) is 47.6 Å². The third kappa shape index (κ3) is 6.82. The molecule has 2 aromatic carbocycles. The van der Waals surface area contributed by atoms with Crippen LogP contribution in [0.4, 0.5) is 0 Å². The van der Waals surface area contributed by atoms with E-state index in [0.717, 1.165) is 28.7 Å². The number of carbonyl (C=O) groups excluding carboxylic acids is 2. The van der Waals surface area contributed by atoms with Gasteiger partial charge in [-0.05, 0) is 30.2 Å². The quantitative estimate of drug-likeness (QED) is 0.187. The van der Waals surface area contributed by atoms with Crippen molar-refractivity contribution in [2.75, 3.05) is 20.2 Å². The van der Waals surface area contributed by atoms with Crippen molar-refractivity contribution in [3.05, 3.63) is 105 Å². The molecule has 0 unspecified atom stereocenters. The smallest absolute Gasteiger partial charge is 0.258 e. The van der Waals surface area contributed by atoms with Gasteiger partial charge in [0.2, 0.25) is 17.7 Å². The zero-order valence-electron chi connectivity index (χ0n) is 27.2. The molecule has 2 atom stereocenters. The van der Waals surface area contributed by atoms with Crippen LogP contribution in [0, 0.1) is 0 Å². The lowest BCUT2D eigenvalue weighted by atomic mass is 9.97. The number of hydrogen-bond acceptors (Lipinski definition) is 8. The molecule has 13 heteroatoms. The highest BCUT2D eigenvalue weighted by atomic mass is 35.5. The first-order valence-electron chi connectivity index (χ1n) is 16.3. The van der Waals surface area contributed by atoms with Gasteiger partial charge in [0.25, 0.3) is 5.56 Å². The van der Waals surface area contributed by atoms with Crippen molar-refractivity contribution in [3.8, 4) is 39.4 Å². The predicted octanol–water partition coefficient (Wildman–Crippen LogP) is 4.87. The summed E-state index contributed by atoms with van der Waals surface area (Å²) >= 11 is 14.2. The highest BCUT2D eigenvalue weighted by molar-refractivity contribution is 6.39. The lowest BCUT2D eigenvalue weighted by Gasteiger charge is -2.16. The molecule has 0 bridgehead atoms. The van der Waals surface area contributed by atoms with E-state index < -0.39 is 6.10 Å². The number of amides is 2. The first-order chi connectivity index (χ1) is 24.2. The third-order valence-corrected chi connectivity index (χ3v) is 9.88. The number of nitrogens with zero attached hydrogens (tertiary/aromatic N) is 4. The third-order valence-electron chi connectivity index (χ3n) is 9.07. The van der Waals surface area contributed by atoms with Crippen LogP contribution in [0.15, 0.2) is 77.7 Å². The number of carbonyl (C=O) groups is 2. The number of hydrogen-bond donors (Lipinski definition) is 3. The average Bonchev–Trinajstić information content (AvgIpc) is 3.67. The fourth-order valence-corrected chi connectivity index (χ4v) is 7.20. The molecule has 5 heterocycles. The molecule has 2 saturated heterocycles. The second-order valence-corrected chi connectivity index (χ2v) is 13.3. The summed E-state index contributed by atoms with van der Waals surface area (Å²) in [5.41, 5.74) is 5.69. The Morgan fingerprint density at radius 3 is 2.40 bits per heavy atom. The van der Waals surface area contributed by atoms with Crippen molar-refractivity contribution >= 4 is 40.7 Å². The van der Waals surface area contributed by atoms with Crippen molar-refractivity contribution in [1.82, 2.24) is 29.9 Å². The van der Waals surface area contributed by atoms with Gasteiger partial charge >= 0.3 is 0 Å². The molecule has 7 rings (SSSR count). The van der Waals surface area contributed by atoms with Gasteiger partial charge in [-0.2, -0.15) is 0 Å². The van der Waals surface area contributed by atoms with E-state index >= 15 is 0 Å². The number of benzene rings is 2. The zero-order chi connectivity index (χ0) is 34.9. The van der Waals surface area contributed by atoms with Crippen LogP contribution in [-0.4, -0.2) is 68.5 Å². The highest BCUT2D eigenvalue weighted by Crippen LogP contribution is 2.42. The monoisotopic (exact) mass is 712 g/mol. The number of methoxy groups -OCH3 is 1. The van der Waals surface area contributed by atoms with Gasteiger partial charge in [-0.1, -0.05) is 65.7 Å². The summed E-state index contributed by atoms with van der Waals surface area (Å²) in [6.45, 7) is 1.54. The van der Waals surface area contributed by atoms with Gasteiger partial charge in [0, 0.05) is 72.2 Å². The van der Waals surface area contributed by atoms with E-state index in [1.807, 2.05) is 48.5 Å². The molecular weight excluding hydrogens is 679 g/mol. The molecule has 256 valence electrons. The minimum absolute atomic E-state index is 0.0667. The van der Waals surface area contributed by atoms with Crippen LogP contribution in [0.5, 0.6) is 5.88 Å². The van der Waals surface area contributed by atoms with E-state index in [2.05, 4.69) is 15.6 Å². The summed E-state index contributed by atoms with van der Waals surface area (Å²) in [6.07, 6.45) is 2.38. The number of pyridine rings is 2. The maximum absolute atomic E-state index is 12.9. The Bertz CT molecular complexity index is 2190. The molecule has 0 spiro atoms. The molecule has 2 amide bonds. The first-order valence-corrected chi connectivity index (χ1v) is 17.0. The van der Waals surface area contributed by atoms with Crippen LogP contribution in [0.2, 0.25) is 10.0 Å². The number of likely N-dealkylation sites (tertiary alicyclic amines) is 1. The number of β-amino-alcohol motifs (C(OH)–C–C–N with tert-alkyl or cyclic N) is 1. The number of nitrogens with one attached hydrogen (secondary N) is 2. The van der Waals surface area contributed by atoms with Crippen molar-refractivity contribution < 1.29 is 19.4 Å². The number of aromatic nitrogens is 3. The number of aliphatic hydroxyl groups is 1. The molecule has 0 radical (unpaired) electrons. The molecule has 2 fully saturated rings. The maximum Gasteiger partial charge on any atom is 0.258 e. The Labute approximate surface area is 297 Å². The number of aliphatic hydroxyl groups excluding tert-OH is 1. The van der Waals surface area contributed by atoms with Gasteiger partial charge < -0.3 is 25.4 Å². The van der Waals surface area contributed by atoms with Gasteiger partial charge in [-0.15, -0.1) is 0 Å². The topological polar surface area (TPSA) is 138 Å². The molecule has 5 aromatic rings. The fourth-order valence-electron chi connectivity index (χ4n) is 6.54. The van der Waals surface area contributed by atoms with Crippen molar-refractivity contribution in [2.45, 2.75) is 44.5 Å². The fraction of sp³-hybridized carbons (Fsp3) is 0.270. The van der Waals surface area contributed by atoms with Crippen LogP contribution >= 0.6 is 23.2 Å². The molecular formula is C37H34Cl2N6O5. The van der Waals surface area contributed by atoms with Crippen molar-refractivity contribution in [2.24, 2.45) is 0 Å². The molecule has 0 aliphatic carbocycles. The standard InChI is InChI=1S/C37H34Cl2N6O5/c1-50-37-22(17-40-18-23-9-11-32(47)42-23)8-10-30(43-37)29-7-3-6-28(36(29)39)27-5-2-4-26(35(27)38)21-12-13-45-31(14-21)41-24(15-34(45)49)19-44-20-25(46)16-33(44)48/h2-8,10,12-15,23,25,40,46H,9,11,16-20H2,1H3,(H,42,47)/t23-,25-/m1/s1. The normalized spacial score (nSPS) is 17.5. The Balaban J connectivity index is 1.16. The lowest BCUT2D eigenvalue weighted by molar-refractivity contribution is -0.128. The Kier molecular flexibility index (Phi) is 9.56. The molecule has 3 N–H and O–H groups in total. The van der Waals surface area contributed by atoms with E-state index in [0.29, 0.717) is 63.6 Å². The Hall–Kier alpha value is -4.81. The van der Waals surface area contributed by atoms with E-state index in [9.17, 15) is 19.5 Å². The van der Waals surface area contributed by atoms with Crippen molar-refractivity contribution in [1.29, 1.82) is 0 Å². The Morgan fingerprint density at radius 1 is 0.960 bits per heavy atom. The molecule has 2 aliphatic rings. The summed E-state index contributed by atoms with van der Waals surface area (Å²) < 4.78 is 7.07. The van der Waals surface area contributed by atoms with E-state index in [-0.39, 0.29) is 42.9 Å². The van der Waals surface area contributed by atoms with E-state index in [1.165, 1.54) is 15.4 Å². The van der Waals surface area contributed by atoms with Gasteiger partial charge in [-0.25, -0.2) is 9.97 Å². The molecule has 50 heavy (non-hydrogen) atoms. The van der Waals surface area contributed by atoms with Gasteiger partial charge in [-0.3, -0.25) is 18.8 Å². The second kappa shape index (κ2) is 14.2. The first kappa shape index (κ1) is 33.7. The maximum atomic E-state index is 12.9. The Morgan fingerprint density at radius 2 is 1.70 bits per heavy atom. The number of fused-ring (bicyclic) bond motifs is 1. The van der Waals surface area contributed by atoms with Crippen molar-refractivity contribution in [3.63, 3.8) is 0 Å². The van der Waals surface area contributed by atoms with Crippen LogP contribution in [-0.2, 0) is 22.7 Å². The predicted molar refractivity (Wildman–Crippen MR) is 191 cm³/mol. The number of rotatable bonds is 10. The molecule has 0 saturated carbocycles. The SMILES string of the molecule is COc1nc(-c2cccc(-c3cccc(-c4ccn5c(=O)cc(CN6C[C@H](O)CC6=O)nc5c4)c3Cl)c2Cl)ccc1CNC[C@H]1CCC(=O)N1. The number of ether oxygens (including phenoxy) is 1. The zero-order valence-corrected chi connectivity index (χ0v) is 28.7. The van der Waals surface area contributed by atoms with Crippen LogP contribution in [0.25, 0.3) is 39.2 Å². The molecule has 2 aliphatic heterocycles. The second-order valence-electron chi connectivity index (χ2n) is 12.5. The van der Waals surface area contributed by atoms with Gasteiger partial charge in [0.15, 0.2) is 0 Å². The van der Waals surface area contributed by atoms with E-state index in [1.54, 1.807) is 25.4 Å². The van der Waals surface area contributed by atoms with Crippen LogP contribution in [0.1, 0.15) is 30.5 Å². The van der Waals surface area contributed by atoms with Crippen LogP contribution in [0.3, 0.4) is 0 Å². The summed E-state index contributed by atoms with van der Waals surface area (Å²) in [5.74, 6) is 0.387. The highest BCUT2D eigenvalue weighted by Gasteiger charge is 2.28.